The number of aryl methyl sites for hydroxylation is 1. The van der Waals surface area contributed by atoms with Crippen LogP contribution in [0.25, 0.3) is 0 Å². The molecule has 1 aliphatic rings. The van der Waals surface area contributed by atoms with Gasteiger partial charge in [-0.25, -0.2) is 0 Å². The van der Waals surface area contributed by atoms with Gasteiger partial charge in [0, 0.05) is 35.5 Å². The van der Waals surface area contributed by atoms with E-state index in [-0.39, 0.29) is 17.7 Å². The Balaban J connectivity index is 1.70. The van der Waals surface area contributed by atoms with Crippen LogP contribution in [0.1, 0.15) is 39.6 Å². The number of carbonyl (C=O) groups is 3. The summed E-state index contributed by atoms with van der Waals surface area (Å²) in [6, 6.07) is 12.0. The van der Waals surface area contributed by atoms with Gasteiger partial charge >= 0.3 is 0 Å². The molecule has 2 aromatic rings. The molecule has 6 nitrogen and oxygen atoms in total. The van der Waals surface area contributed by atoms with E-state index in [1.165, 1.54) is 0 Å². The van der Waals surface area contributed by atoms with Crippen molar-refractivity contribution in [3.8, 4) is 0 Å². The second-order valence-electron chi connectivity index (χ2n) is 5.81. The molecule has 0 radical (unpaired) electrons. The maximum Gasteiger partial charge on any atom is 0.255 e. The van der Waals surface area contributed by atoms with Gasteiger partial charge in [-0.1, -0.05) is 0 Å². The summed E-state index contributed by atoms with van der Waals surface area (Å²) in [5, 5.41) is 8.33. The Morgan fingerprint density at radius 3 is 2.44 bits per heavy atom. The summed E-state index contributed by atoms with van der Waals surface area (Å²) in [7, 11) is 0. The van der Waals surface area contributed by atoms with E-state index in [1.807, 2.05) is 6.92 Å². The fourth-order valence-electron chi connectivity index (χ4n) is 2.70. The summed E-state index contributed by atoms with van der Waals surface area (Å²) in [6.45, 7) is 2.42. The van der Waals surface area contributed by atoms with Crippen molar-refractivity contribution >= 4 is 29.1 Å². The molecule has 0 aromatic heterocycles. The van der Waals surface area contributed by atoms with E-state index in [9.17, 15) is 14.4 Å². The Morgan fingerprint density at radius 2 is 1.72 bits per heavy atom. The van der Waals surface area contributed by atoms with Crippen LogP contribution in [0.2, 0.25) is 0 Å². The Bertz CT molecular complexity index is 828. The largest absolute Gasteiger partial charge is 0.352 e. The molecule has 0 atom stereocenters. The Hall–Kier alpha value is -3.15. The van der Waals surface area contributed by atoms with E-state index in [2.05, 4.69) is 16.0 Å². The summed E-state index contributed by atoms with van der Waals surface area (Å²) in [5.74, 6) is -0.375. The van der Waals surface area contributed by atoms with Gasteiger partial charge in [0.2, 0.25) is 5.91 Å². The average Bonchev–Trinajstić information content (AvgIpc) is 2.62. The van der Waals surface area contributed by atoms with E-state index < -0.39 is 0 Å². The molecule has 0 spiro atoms. The Kier molecular flexibility index (Phi) is 4.79. The van der Waals surface area contributed by atoms with Crippen LogP contribution in [0.3, 0.4) is 0 Å². The van der Waals surface area contributed by atoms with Gasteiger partial charge in [0.25, 0.3) is 11.8 Å². The number of nitrogens with one attached hydrogen (secondary N) is 3. The molecule has 0 bridgehead atoms. The average molecular weight is 337 g/mol. The van der Waals surface area contributed by atoms with E-state index in [0.717, 1.165) is 11.3 Å². The number of hydrogen-bond donors (Lipinski definition) is 3. The predicted octanol–water partition coefficient (Wildman–Crippen LogP) is 2.57. The van der Waals surface area contributed by atoms with Crippen molar-refractivity contribution in [1.29, 1.82) is 0 Å². The summed E-state index contributed by atoms with van der Waals surface area (Å²) >= 11 is 0. The quantitative estimate of drug-likeness (QED) is 0.801. The van der Waals surface area contributed by atoms with Crippen LogP contribution in [-0.2, 0) is 11.2 Å². The van der Waals surface area contributed by atoms with Gasteiger partial charge in [0.1, 0.15) is 0 Å². The highest BCUT2D eigenvalue weighted by Gasteiger charge is 2.16. The molecule has 1 aliphatic heterocycles. The van der Waals surface area contributed by atoms with Gasteiger partial charge in [-0.15, -0.1) is 0 Å². The zero-order chi connectivity index (χ0) is 17.8. The first-order valence-corrected chi connectivity index (χ1v) is 8.19. The SMILES string of the molecule is CCNC(=O)c1ccc(NC(=O)c2ccc3c(c2)CCC(=O)N3)cc1. The number of benzene rings is 2. The van der Waals surface area contributed by atoms with Crippen LogP contribution in [0.4, 0.5) is 11.4 Å². The molecule has 3 rings (SSSR count). The van der Waals surface area contributed by atoms with Crippen molar-refractivity contribution in [3.05, 3.63) is 59.2 Å². The third-order valence-electron chi connectivity index (χ3n) is 4.01. The van der Waals surface area contributed by atoms with Gasteiger partial charge in [0.05, 0.1) is 0 Å². The topological polar surface area (TPSA) is 87.3 Å². The van der Waals surface area contributed by atoms with Crippen LogP contribution < -0.4 is 16.0 Å². The molecule has 0 saturated heterocycles. The second-order valence-corrected chi connectivity index (χ2v) is 5.81. The Labute approximate surface area is 145 Å². The molecule has 0 fully saturated rings. The monoisotopic (exact) mass is 337 g/mol. The lowest BCUT2D eigenvalue weighted by molar-refractivity contribution is -0.116. The first kappa shape index (κ1) is 16.7. The number of hydrogen-bond acceptors (Lipinski definition) is 3. The van der Waals surface area contributed by atoms with E-state index in [4.69, 9.17) is 0 Å². The van der Waals surface area contributed by atoms with E-state index in [0.29, 0.717) is 36.2 Å². The fourth-order valence-corrected chi connectivity index (χ4v) is 2.70. The van der Waals surface area contributed by atoms with Gasteiger partial charge in [-0.2, -0.15) is 0 Å². The third kappa shape index (κ3) is 3.85. The van der Waals surface area contributed by atoms with Crippen molar-refractivity contribution in [2.45, 2.75) is 19.8 Å². The van der Waals surface area contributed by atoms with E-state index >= 15 is 0 Å². The van der Waals surface area contributed by atoms with Crippen molar-refractivity contribution in [1.82, 2.24) is 5.32 Å². The Morgan fingerprint density at radius 1 is 1.00 bits per heavy atom. The van der Waals surface area contributed by atoms with Crippen molar-refractivity contribution < 1.29 is 14.4 Å². The molecule has 128 valence electrons. The van der Waals surface area contributed by atoms with Crippen molar-refractivity contribution in [2.75, 3.05) is 17.2 Å². The van der Waals surface area contributed by atoms with Crippen LogP contribution in [0.15, 0.2) is 42.5 Å². The summed E-state index contributed by atoms with van der Waals surface area (Å²) in [4.78, 5) is 35.5. The zero-order valence-corrected chi connectivity index (χ0v) is 13.9. The molecule has 0 aliphatic carbocycles. The molecular weight excluding hydrogens is 318 g/mol. The number of amides is 3. The molecular formula is C19H19N3O3. The minimum atomic E-state index is -0.231. The van der Waals surface area contributed by atoms with Crippen LogP contribution in [0.5, 0.6) is 0 Å². The van der Waals surface area contributed by atoms with Crippen LogP contribution >= 0.6 is 0 Å². The first-order chi connectivity index (χ1) is 12.1. The number of carbonyl (C=O) groups excluding carboxylic acids is 3. The zero-order valence-electron chi connectivity index (χ0n) is 13.9. The highest BCUT2D eigenvalue weighted by molar-refractivity contribution is 6.05. The molecule has 3 amide bonds. The van der Waals surface area contributed by atoms with Crippen molar-refractivity contribution in [3.63, 3.8) is 0 Å². The summed E-state index contributed by atoms with van der Waals surface area (Å²) in [6.07, 6.45) is 1.06. The molecule has 6 heteroatoms. The number of anilines is 2. The van der Waals surface area contributed by atoms with Gasteiger partial charge in [-0.3, -0.25) is 14.4 Å². The molecule has 0 unspecified atom stereocenters. The van der Waals surface area contributed by atoms with Gasteiger partial charge in [0.15, 0.2) is 0 Å². The first-order valence-electron chi connectivity index (χ1n) is 8.19. The molecule has 3 N–H and O–H groups in total. The summed E-state index contributed by atoms with van der Waals surface area (Å²) < 4.78 is 0. The molecule has 1 heterocycles. The van der Waals surface area contributed by atoms with Crippen LogP contribution in [0, 0.1) is 0 Å². The standard InChI is InChI=1S/C19H19N3O3/c1-2-20-18(24)12-3-7-15(8-4-12)21-19(25)14-5-9-16-13(11-14)6-10-17(23)22-16/h3-5,7-9,11H,2,6,10H2,1H3,(H,20,24)(H,21,25)(H,22,23). The third-order valence-corrected chi connectivity index (χ3v) is 4.01. The minimum absolute atomic E-state index is 0.00287. The fraction of sp³-hybridized carbons (Fsp3) is 0.211. The van der Waals surface area contributed by atoms with Crippen molar-refractivity contribution in [2.24, 2.45) is 0 Å². The van der Waals surface area contributed by atoms with E-state index in [1.54, 1.807) is 42.5 Å². The maximum atomic E-state index is 12.4. The normalized spacial score (nSPS) is 12.8. The lowest BCUT2D eigenvalue weighted by Crippen LogP contribution is -2.22. The molecule has 25 heavy (non-hydrogen) atoms. The maximum absolute atomic E-state index is 12.4. The highest BCUT2D eigenvalue weighted by Crippen LogP contribution is 2.24. The number of rotatable bonds is 4. The number of fused-ring (bicyclic) bond motifs is 1. The summed E-state index contributed by atoms with van der Waals surface area (Å²) in [5.41, 5.74) is 3.41. The predicted molar refractivity (Wildman–Crippen MR) is 95.8 cm³/mol. The molecule has 0 saturated carbocycles. The second kappa shape index (κ2) is 7.17. The van der Waals surface area contributed by atoms with Gasteiger partial charge in [-0.05, 0) is 61.4 Å². The smallest absolute Gasteiger partial charge is 0.255 e. The molecule has 2 aromatic carbocycles. The minimum Gasteiger partial charge on any atom is -0.352 e. The van der Waals surface area contributed by atoms with Crippen LogP contribution in [-0.4, -0.2) is 24.3 Å². The lowest BCUT2D eigenvalue weighted by atomic mass is 10.00. The van der Waals surface area contributed by atoms with Gasteiger partial charge < -0.3 is 16.0 Å². The lowest BCUT2D eigenvalue weighted by Gasteiger charge is -2.17. The highest BCUT2D eigenvalue weighted by atomic mass is 16.2.